The molecule has 1 aromatic carbocycles. The summed E-state index contributed by atoms with van der Waals surface area (Å²) in [6, 6.07) is 5.20. The zero-order valence-electron chi connectivity index (χ0n) is 11.6. The van der Waals surface area contributed by atoms with Gasteiger partial charge in [0.05, 0.1) is 5.69 Å². The fourth-order valence-electron chi connectivity index (χ4n) is 2.84. The summed E-state index contributed by atoms with van der Waals surface area (Å²) >= 11 is 0. The Balaban J connectivity index is 2.26. The number of benzene rings is 1. The molecule has 106 valence electrons. The van der Waals surface area contributed by atoms with Gasteiger partial charge in [0.15, 0.2) is 0 Å². The second-order valence-corrected chi connectivity index (χ2v) is 7.41. The number of hydrogen-bond donors (Lipinski definition) is 1. The summed E-state index contributed by atoms with van der Waals surface area (Å²) < 4.78 is 26.7. The molecular formula is C14H22N2O2S. The minimum Gasteiger partial charge on any atom is -0.398 e. The van der Waals surface area contributed by atoms with E-state index in [-0.39, 0.29) is 4.90 Å². The monoisotopic (exact) mass is 282 g/mol. The molecule has 0 radical (unpaired) electrons. The van der Waals surface area contributed by atoms with Crippen molar-refractivity contribution in [2.75, 3.05) is 19.3 Å². The maximum Gasteiger partial charge on any atom is 0.245 e. The fraction of sp³-hybridized carbons (Fsp3) is 0.571. The van der Waals surface area contributed by atoms with Gasteiger partial charge in [-0.2, -0.15) is 0 Å². The van der Waals surface area contributed by atoms with Crippen LogP contribution in [0.5, 0.6) is 0 Å². The van der Waals surface area contributed by atoms with E-state index in [4.69, 9.17) is 5.73 Å². The first-order chi connectivity index (χ1) is 8.93. The molecule has 0 heterocycles. The molecule has 1 aromatic rings. The Hall–Kier alpha value is -1.07. The van der Waals surface area contributed by atoms with Crippen molar-refractivity contribution in [3.8, 4) is 0 Å². The van der Waals surface area contributed by atoms with E-state index >= 15 is 0 Å². The summed E-state index contributed by atoms with van der Waals surface area (Å²) in [6.45, 7) is 2.38. The summed E-state index contributed by atoms with van der Waals surface area (Å²) in [5, 5.41) is 0. The maximum atomic E-state index is 12.6. The minimum absolute atomic E-state index is 0.260. The Bertz CT molecular complexity index is 528. The molecule has 0 saturated heterocycles. The van der Waals surface area contributed by atoms with Gasteiger partial charge < -0.3 is 5.73 Å². The van der Waals surface area contributed by atoms with Gasteiger partial charge in [-0.1, -0.05) is 25.0 Å². The van der Waals surface area contributed by atoms with Crippen LogP contribution in [0.3, 0.4) is 0 Å². The summed E-state index contributed by atoms with van der Waals surface area (Å²) in [5.74, 6) is 0.491. The van der Waals surface area contributed by atoms with Crippen LogP contribution >= 0.6 is 0 Å². The van der Waals surface area contributed by atoms with E-state index in [0.717, 1.165) is 12.8 Å². The van der Waals surface area contributed by atoms with E-state index in [1.54, 1.807) is 32.2 Å². The van der Waals surface area contributed by atoms with Crippen molar-refractivity contribution < 1.29 is 8.42 Å². The largest absolute Gasteiger partial charge is 0.398 e. The van der Waals surface area contributed by atoms with Gasteiger partial charge >= 0.3 is 0 Å². The molecule has 2 rings (SSSR count). The highest BCUT2D eigenvalue weighted by Gasteiger charge is 2.28. The molecule has 0 aromatic heterocycles. The number of aryl methyl sites for hydroxylation is 1. The number of hydrogen-bond acceptors (Lipinski definition) is 3. The molecule has 0 atom stereocenters. The van der Waals surface area contributed by atoms with Crippen LogP contribution in [0.4, 0.5) is 5.69 Å². The molecule has 1 fully saturated rings. The first-order valence-corrected chi connectivity index (χ1v) is 8.18. The van der Waals surface area contributed by atoms with Gasteiger partial charge in [-0.15, -0.1) is 0 Å². The van der Waals surface area contributed by atoms with Crippen molar-refractivity contribution in [2.45, 2.75) is 37.5 Å². The van der Waals surface area contributed by atoms with Crippen LogP contribution in [-0.4, -0.2) is 26.3 Å². The molecule has 5 heteroatoms. The molecular weight excluding hydrogens is 260 g/mol. The number of nitrogens with zero attached hydrogens (tertiary/aromatic N) is 1. The predicted molar refractivity (Wildman–Crippen MR) is 77.4 cm³/mol. The van der Waals surface area contributed by atoms with Crippen molar-refractivity contribution in [3.05, 3.63) is 23.8 Å². The highest BCUT2D eigenvalue weighted by atomic mass is 32.2. The third kappa shape index (κ3) is 2.92. The number of nitrogen functional groups attached to an aromatic ring is 1. The lowest BCUT2D eigenvalue weighted by Gasteiger charge is -2.22. The molecule has 1 aliphatic rings. The van der Waals surface area contributed by atoms with Gasteiger partial charge in [0, 0.05) is 13.6 Å². The molecule has 0 unspecified atom stereocenters. The lowest BCUT2D eigenvalue weighted by atomic mass is 10.1. The van der Waals surface area contributed by atoms with E-state index in [9.17, 15) is 8.42 Å². The predicted octanol–water partition coefficient (Wildman–Crippen LogP) is 2.39. The molecule has 1 aliphatic carbocycles. The highest BCUT2D eigenvalue weighted by Crippen LogP contribution is 2.29. The number of sulfonamides is 1. The summed E-state index contributed by atoms with van der Waals surface area (Å²) in [4.78, 5) is 0.260. The second-order valence-electron chi connectivity index (χ2n) is 5.43. The third-order valence-corrected chi connectivity index (χ3v) is 5.94. The van der Waals surface area contributed by atoms with Gasteiger partial charge in [0.2, 0.25) is 10.0 Å². The Labute approximate surface area is 115 Å². The highest BCUT2D eigenvalue weighted by molar-refractivity contribution is 7.89. The van der Waals surface area contributed by atoms with Crippen LogP contribution in [0.15, 0.2) is 23.1 Å². The zero-order valence-corrected chi connectivity index (χ0v) is 12.4. The third-order valence-electron chi connectivity index (χ3n) is 3.90. The van der Waals surface area contributed by atoms with Crippen LogP contribution in [0, 0.1) is 12.8 Å². The average molecular weight is 282 g/mol. The smallest absolute Gasteiger partial charge is 0.245 e. The molecule has 0 bridgehead atoms. The molecule has 19 heavy (non-hydrogen) atoms. The fourth-order valence-corrected chi connectivity index (χ4v) is 4.40. The molecule has 0 spiro atoms. The van der Waals surface area contributed by atoms with Crippen LogP contribution in [0.2, 0.25) is 0 Å². The van der Waals surface area contributed by atoms with Gasteiger partial charge in [-0.3, -0.25) is 0 Å². The maximum absolute atomic E-state index is 12.6. The minimum atomic E-state index is -3.48. The van der Waals surface area contributed by atoms with E-state index in [1.165, 1.54) is 17.1 Å². The number of anilines is 1. The van der Waals surface area contributed by atoms with Crippen molar-refractivity contribution in [2.24, 2.45) is 5.92 Å². The Morgan fingerprint density at radius 3 is 2.53 bits per heavy atom. The quantitative estimate of drug-likeness (QED) is 0.862. The first kappa shape index (κ1) is 14.3. The van der Waals surface area contributed by atoms with Crippen molar-refractivity contribution in [1.29, 1.82) is 0 Å². The Morgan fingerprint density at radius 2 is 1.95 bits per heavy atom. The van der Waals surface area contributed by atoms with Gasteiger partial charge in [-0.05, 0) is 37.3 Å². The SMILES string of the molecule is Cc1cccc(N)c1S(=O)(=O)N(C)CC1CCCC1. The number of rotatable bonds is 4. The van der Waals surface area contributed by atoms with Crippen LogP contribution in [-0.2, 0) is 10.0 Å². The van der Waals surface area contributed by atoms with E-state index in [0.29, 0.717) is 23.7 Å². The molecule has 1 saturated carbocycles. The van der Waals surface area contributed by atoms with Crippen LogP contribution in [0.1, 0.15) is 31.2 Å². The second kappa shape index (κ2) is 5.51. The lowest BCUT2D eigenvalue weighted by Crippen LogP contribution is -2.32. The average Bonchev–Trinajstić information content (AvgIpc) is 2.81. The van der Waals surface area contributed by atoms with Gasteiger partial charge in [0.25, 0.3) is 0 Å². The van der Waals surface area contributed by atoms with Gasteiger partial charge in [-0.25, -0.2) is 12.7 Å². The van der Waals surface area contributed by atoms with E-state index in [2.05, 4.69) is 0 Å². The topological polar surface area (TPSA) is 63.4 Å². The van der Waals surface area contributed by atoms with Crippen LogP contribution in [0.25, 0.3) is 0 Å². The summed E-state index contributed by atoms with van der Waals surface area (Å²) in [6.07, 6.45) is 4.68. The molecule has 0 aliphatic heterocycles. The lowest BCUT2D eigenvalue weighted by molar-refractivity contribution is 0.387. The van der Waals surface area contributed by atoms with Crippen molar-refractivity contribution >= 4 is 15.7 Å². The Morgan fingerprint density at radius 1 is 1.32 bits per heavy atom. The normalized spacial score (nSPS) is 17.2. The van der Waals surface area contributed by atoms with Crippen molar-refractivity contribution in [1.82, 2.24) is 4.31 Å². The Kier molecular flexibility index (Phi) is 4.16. The molecule has 4 nitrogen and oxygen atoms in total. The zero-order chi connectivity index (χ0) is 14.0. The number of nitrogens with two attached hydrogens (primary N) is 1. The first-order valence-electron chi connectivity index (χ1n) is 6.74. The standard InChI is InChI=1S/C14H22N2O2S/c1-11-6-5-9-13(15)14(11)19(17,18)16(2)10-12-7-3-4-8-12/h5-6,9,12H,3-4,7-8,10,15H2,1-2H3. The van der Waals surface area contributed by atoms with Gasteiger partial charge in [0.1, 0.15) is 4.90 Å². The van der Waals surface area contributed by atoms with Crippen molar-refractivity contribution in [3.63, 3.8) is 0 Å². The molecule has 2 N–H and O–H groups in total. The van der Waals surface area contributed by atoms with Crippen LogP contribution < -0.4 is 5.73 Å². The molecule has 0 amide bonds. The summed E-state index contributed by atoms with van der Waals surface area (Å²) in [7, 11) is -1.83. The van der Waals surface area contributed by atoms with E-state index < -0.39 is 10.0 Å². The van der Waals surface area contributed by atoms with E-state index in [1.807, 2.05) is 0 Å². The summed E-state index contributed by atoms with van der Waals surface area (Å²) in [5.41, 5.74) is 6.89.